The van der Waals surface area contributed by atoms with Crippen LogP contribution >= 0.6 is 0 Å². The maximum absolute atomic E-state index is 13.1. The predicted molar refractivity (Wildman–Crippen MR) is 132 cm³/mol. The topological polar surface area (TPSA) is 67.4 Å². The SMILES string of the molecule is Cc1cc(C)cc(C(CC(C)C)NC(=O)c2cccc(NC(=O)OCc3ccccc3)c2)c1. The van der Waals surface area contributed by atoms with Crippen molar-refractivity contribution in [3.05, 3.63) is 101 Å². The molecular formula is C28H32N2O3. The van der Waals surface area contributed by atoms with Crippen LogP contribution in [0.15, 0.2) is 72.8 Å². The van der Waals surface area contributed by atoms with Gasteiger partial charge in [0.2, 0.25) is 0 Å². The molecule has 2 amide bonds. The summed E-state index contributed by atoms with van der Waals surface area (Å²) >= 11 is 0. The number of carbonyl (C=O) groups is 2. The van der Waals surface area contributed by atoms with E-state index in [1.807, 2.05) is 30.3 Å². The Hall–Kier alpha value is -3.60. The minimum absolute atomic E-state index is 0.0939. The number of hydrogen-bond acceptors (Lipinski definition) is 3. The molecule has 2 N–H and O–H groups in total. The second-order valence-electron chi connectivity index (χ2n) is 8.84. The van der Waals surface area contributed by atoms with E-state index in [2.05, 4.69) is 56.5 Å². The van der Waals surface area contributed by atoms with Gasteiger partial charge in [0.15, 0.2) is 0 Å². The first-order valence-corrected chi connectivity index (χ1v) is 11.3. The summed E-state index contributed by atoms with van der Waals surface area (Å²) in [5.74, 6) is 0.240. The van der Waals surface area contributed by atoms with Crippen molar-refractivity contribution in [2.24, 2.45) is 5.92 Å². The highest BCUT2D eigenvalue weighted by Gasteiger charge is 2.18. The van der Waals surface area contributed by atoms with Crippen LogP contribution in [0, 0.1) is 19.8 Å². The van der Waals surface area contributed by atoms with Gasteiger partial charge in [0.1, 0.15) is 6.61 Å². The Morgan fingerprint density at radius 2 is 1.58 bits per heavy atom. The summed E-state index contributed by atoms with van der Waals surface area (Å²) in [5.41, 5.74) is 5.35. The fourth-order valence-electron chi connectivity index (χ4n) is 3.82. The first-order chi connectivity index (χ1) is 15.8. The third-order valence-corrected chi connectivity index (χ3v) is 5.24. The summed E-state index contributed by atoms with van der Waals surface area (Å²) in [5, 5.41) is 5.88. The molecular weight excluding hydrogens is 412 g/mol. The summed E-state index contributed by atoms with van der Waals surface area (Å²) in [6.45, 7) is 8.61. The molecule has 1 unspecified atom stereocenters. The molecule has 0 saturated heterocycles. The number of aryl methyl sites for hydroxylation is 2. The van der Waals surface area contributed by atoms with E-state index in [9.17, 15) is 9.59 Å². The zero-order valence-electron chi connectivity index (χ0n) is 19.7. The summed E-state index contributed by atoms with van der Waals surface area (Å²) in [6.07, 6.45) is 0.266. The van der Waals surface area contributed by atoms with E-state index in [0.717, 1.165) is 17.5 Å². The first-order valence-electron chi connectivity index (χ1n) is 11.3. The highest BCUT2D eigenvalue weighted by Crippen LogP contribution is 2.24. The van der Waals surface area contributed by atoms with Crippen molar-refractivity contribution >= 4 is 17.7 Å². The normalized spacial score (nSPS) is 11.7. The van der Waals surface area contributed by atoms with Crippen molar-refractivity contribution in [1.82, 2.24) is 5.32 Å². The molecule has 3 aromatic rings. The predicted octanol–water partition coefficient (Wildman–Crippen LogP) is 6.57. The summed E-state index contributed by atoms with van der Waals surface area (Å²) in [6, 6.07) is 22.6. The van der Waals surface area contributed by atoms with Crippen LogP contribution in [-0.4, -0.2) is 12.0 Å². The maximum atomic E-state index is 13.1. The quantitative estimate of drug-likeness (QED) is 0.413. The van der Waals surface area contributed by atoms with Gasteiger partial charge in [-0.05, 0) is 55.5 Å². The number of nitrogens with one attached hydrogen (secondary N) is 2. The van der Waals surface area contributed by atoms with Gasteiger partial charge in [0.05, 0.1) is 6.04 Å². The largest absolute Gasteiger partial charge is 0.444 e. The Balaban J connectivity index is 1.67. The van der Waals surface area contributed by atoms with Gasteiger partial charge >= 0.3 is 6.09 Å². The lowest BCUT2D eigenvalue weighted by molar-refractivity contribution is 0.0931. The molecule has 0 bridgehead atoms. The smallest absolute Gasteiger partial charge is 0.411 e. The Labute approximate surface area is 196 Å². The van der Waals surface area contributed by atoms with Crippen molar-refractivity contribution in [2.75, 3.05) is 5.32 Å². The minimum atomic E-state index is -0.565. The summed E-state index contributed by atoms with van der Waals surface area (Å²) < 4.78 is 5.27. The Kier molecular flexibility index (Phi) is 8.25. The van der Waals surface area contributed by atoms with E-state index in [1.165, 1.54) is 11.1 Å². The molecule has 0 aliphatic rings. The molecule has 0 aliphatic heterocycles. The lowest BCUT2D eigenvalue weighted by atomic mass is 9.94. The zero-order chi connectivity index (χ0) is 23.8. The molecule has 1 atom stereocenters. The van der Waals surface area contributed by atoms with E-state index >= 15 is 0 Å². The molecule has 33 heavy (non-hydrogen) atoms. The van der Waals surface area contributed by atoms with Gasteiger partial charge in [-0.2, -0.15) is 0 Å². The average Bonchev–Trinajstić information content (AvgIpc) is 2.77. The highest BCUT2D eigenvalue weighted by molar-refractivity contribution is 5.96. The number of amides is 2. The zero-order valence-corrected chi connectivity index (χ0v) is 19.7. The summed E-state index contributed by atoms with van der Waals surface area (Å²) in [7, 11) is 0. The van der Waals surface area contributed by atoms with Crippen LogP contribution in [0.4, 0.5) is 10.5 Å². The van der Waals surface area contributed by atoms with Crippen LogP contribution in [0.5, 0.6) is 0 Å². The van der Waals surface area contributed by atoms with Crippen molar-refractivity contribution in [3.8, 4) is 0 Å². The highest BCUT2D eigenvalue weighted by atomic mass is 16.5. The van der Waals surface area contributed by atoms with Crippen LogP contribution in [0.2, 0.25) is 0 Å². The Bertz CT molecular complexity index is 1070. The van der Waals surface area contributed by atoms with E-state index < -0.39 is 6.09 Å². The van der Waals surface area contributed by atoms with E-state index in [1.54, 1.807) is 24.3 Å². The second kappa shape index (κ2) is 11.3. The van der Waals surface area contributed by atoms with Crippen LogP contribution in [0.25, 0.3) is 0 Å². The van der Waals surface area contributed by atoms with Gasteiger partial charge in [-0.25, -0.2) is 4.79 Å². The number of hydrogen-bond donors (Lipinski definition) is 2. The third-order valence-electron chi connectivity index (χ3n) is 5.24. The van der Waals surface area contributed by atoms with Gasteiger partial charge in [-0.3, -0.25) is 10.1 Å². The average molecular weight is 445 g/mol. The lowest BCUT2D eigenvalue weighted by Gasteiger charge is -2.22. The van der Waals surface area contributed by atoms with Crippen LogP contribution in [0.1, 0.15) is 58.9 Å². The van der Waals surface area contributed by atoms with Crippen LogP contribution < -0.4 is 10.6 Å². The molecule has 0 heterocycles. The van der Waals surface area contributed by atoms with Gasteiger partial charge in [-0.15, -0.1) is 0 Å². The molecule has 0 saturated carbocycles. The van der Waals surface area contributed by atoms with Gasteiger partial charge in [-0.1, -0.05) is 79.6 Å². The fourth-order valence-corrected chi connectivity index (χ4v) is 3.82. The molecule has 0 spiro atoms. The number of ether oxygens (including phenoxy) is 1. The lowest BCUT2D eigenvalue weighted by Crippen LogP contribution is -2.29. The number of benzene rings is 3. The summed E-state index contributed by atoms with van der Waals surface area (Å²) in [4.78, 5) is 25.3. The van der Waals surface area contributed by atoms with E-state index in [0.29, 0.717) is 17.2 Å². The number of rotatable bonds is 8. The van der Waals surface area contributed by atoms with Crippen molar-refractivity contribution in [2.45, 2.75) is 46.8 Å². The van der Waals surface area contributed by atoms with Crippen LogP contribution in [-0.2, 0) is 11.3 Å². The Morgan fingerprint density at radius 3 is 2.24 bits per heavy atom. The van der Waals surface area contributed by atoms with Crippen LogP contribution in [0.3, 0.4) is 0 Å². The molecule has 0 aromatic heterocycles. The van der Waals surface area contributed by atoms with Crippen molar-refractivity contribution < 1.29 is 14.3 Å². The number of anilines is 1. The molecule has 3 aromatic carbocycles. The van der Waals surface area contributed by atoms with Crippen molar-refractivity contribution in [1.29, 1.82) is 0 Å². The molecule has 172 valence electrons. The van der Waals surface area contributed by atoms with Gasteiger partial charge < -0.3 is 10.1 Å². The van der Waals surface area contributed by atoms with E-state index in [-0.39, 0.29) is 18.6 Å². The van der Waals surface area contributed by atoms with Gasteiger partial charge in [0, 0.05) is 11.3 Å². The maximum Gasteiger partial charge on any atom is 0.411 e. The Morgan fingerprint density at radius 1 is 0.879 bits per heavy atom. The second-order valence-corrected chi connectivity index (χ2v) is 8.84. The monoisotopic (exact) mass is 444 g/mol. The molecule has 3 rings (SSSR count). The number of carbonyl (C=O) groups excluding carboxylic acids is 2. The molecule has 5 heteroatoms. The molecule has 0 aliphatic carbocycles. The fraction of sp³-hybridized carbons (Fsp3) is 0.286. The molecule has 5 nitrogen and oxygen atoms in total. The minimum Gasteiger partial charge on any atom is -0.444 e. The third kappa shape index (κ3) is 7.49. The first kappa shape index (κ1) is 24.1. The molecule has 0 radical (unpaired) electrons. The molecule has 0 fully saturated rings. The standard InChI is InChI=1S/C28H32N2O3/c1-19(2)13-26(24-15-20(3)14-21(4)16-24)30-27(31)23-11-8-12-25(17-23)29-28(32)33-18-22-9-6-5-7-10-22/h5-12,14-17,19,26H,13,18H2,1-4H3,(H,29,32)(H,30,31). The van der Waals surface area contributed by atoms with Gasteiger partial charge in [0.25, 0.3) is 5.91 Å². The van der Waals surface area contributed by atoms with Crippen molar-refractivity contribution in [3.63, 3.8) is 0 Å². The van der Waals surface area contributed by atoms with E-state index in [4.69, 9.17) is 4.74 Å².